The van der Waals surface area contributed by atoms with Crippen LogP contribution in [0.3, 0.4) is 0 Å². The van der Waals surface area contributed by atoms with Gasteiger partial charge in [0.1, 0.15) is 6.67 Å². The Bertz CT molecular complexity index is 382. The smallest absolute Gasteiger partial charge is 0.109 e. The van der Waals surface area contributed by atoms with Crippen LogP contribution in [0, 0.1) is 13.8 Å². The Morgan fingerprint density at radius 1 is 1.16 bits per heavy atom. The first-order valence-electron chi connectivity index (χ1n) is 6.30. The minimum Gasteiger partial charge on any atom is -0.314 e. The van der Waals surface area contributed by atoms with Gasteiger partial charge in [-0.05, 0) is 30.5 Å². The highest BCUT2D eigenvalue weighted by Gasteiger charge is 2.22. The second-order valence-corrected chi connectivity index (χ2v) is 4.80. The molecule has 0 aliphatic carbocycles. The number of halogens is 3. The molecule has 1 atom stereocenters. The summed E-state index contributed by atoms with van der Waals surface area (Å²) in [4.78, 5) is 2.24. The lowest BCUT2D eigenvalue weighted by Gasteiger charge is -2.33. The number of alkyl halides is 1. The molecule has 2 nitrogen and oxygen atoms in total. The molecule has 0 saturated carbocycles. The van der Waals surface area contributed by atoms with E-state index in [1.165, 1.54) is 11.1 Å². The number of nitrogens with one attached hydrogen (secondary N) is 1. The van der Waals surface area contributed by atoms with Crippen molar-refractivity contribution >= 4 is 24.8 Å². The minimum absolute atomic E-state index is 0. The number of piperazine rings is 1. The molecule has 19 heavy (non-hydrogen) atoms. The fourth-order valence-electron chi connectivity index (χ4n) is 2.36. The van der Waals surface area contributed by atoms with E-state index in [4.69, 9.17) is 0 Å². The molecule has 0 unspecified atom stereocenters. The van der Waals surface area contributed by atoms with Crippen molar-refractivity contribution in [3.8, 4) is 0 Å². The number of aryl methyl sites for hydroxylation is 2. The molecule has 0 radical (unpaired) electrons. The van der Waals surface area contributed by atoms with Crippen LogP contribution in [0.4, 0.5) is 4.39 Å². The first-order valence-corrected chi connectivity index (χ1v) is 6.30. The van der Waals surface area contributed by atoms with Crippen LogP contribution in [-0.4, -0.2) is 37.8 Å². The second-order valence-electron chi connectivity index (χ2n) is 4.80. The van der Waals surface area contributed by atoms with Gasteiger partial charge in [0.05, 0.1) is 6.04 Å². The topological polar surface area (TPSA) is 15.3 Å². The molecule has 1 aliphatic heterocycles. The van der Waals surface area contributed by atoms with Crippen molar-refractivity contribution in [2.24, 2.45) is 0 Å². The molecule has 1 aliphatic rings. The van der Waals surface area contributed by atoms with Crippen molar-refractivity contribution in [3.63, 3.8) is 0 Å². The highest BCUT2D eigenvalue weighted by atomic mass is 35.5. The predicted molar refractivity (Wildman–Crippen MR) is 83.6 cm³/mol. The molecular weight excluding hydrogens is 286 g/mol. The maximum absolute atomic E-state index is 13.3. The van der Waals surface area contributed by atoms with E-state index in [0.717, 1.165) is 31.7 Å². The SMILES string of the molecule is Cc1ccc([C@H](CF)N2CCNCC2)cc1C.Cl.Cl. The summed E-state index contributed by atoms with van der Waals surface area (Å²) in [6.45, 7) is 7.66. The Balaban J connectivity index is 0.00000162. The molecule has 110 valence electrons. The number of benzene rings is 1. The highest BCUT2D eigenvalue weighted by Crippen LogP contribution is 2.23. The van der Waals surface area contributed by atoms with Crippen molar-refractivity contribution in [2.75, 3.05) is 32.9 Å². The van der Waals surface area contributed by atoms with Crippen LogP contribution in [0.1, 0.15) is 22.7 Å². The fraction of sp³-hybridized carbons (Fsp3) is 0.571. The molecule has 1 saturated heterocycles. The Morgan fingerprint density at radius 3 is 2.32 bits per heavy atom. The molecule has 1 N–H and O–H groups in total. The lowest BCUT2D eigenvalue weighted by molar-refractivity contribution is 0.147. The van der Waals surface area contributed by atoms with E-state index in [2.05, 4.69) is 42.3 Å². The third-order valence-electron chi connectivity index (χ3n) is 3.65. The molecule has 1 heterocycles. The van der Waals surface area contributed by atoms with Crippen LogP contribution in [0.5, 0.6) is 0 Å². The van der Waals surface area contributed by atoms with Gasteiger partial charge >= 0.3 is 0 Å². The van der Waals surface area contributed by atoms with E-state index >= 15 is 0 Å². The molecule has 1 aromatic carbocycles. The van der Waals surface area contributed by atoms with E-state index in [1.807, 2.05) is 0 Å². The molecule has 5 heteroatoms. The Kier molecular flexibility index (Phi) is 8.59. The number of nitrogens with zero attached hydrogens (tertiary/aromatic N) is 1. The van der Waals surface area contributed by atoms with E-state index in [1.54, 1.807) is 0 Å². The third-order valence-corrected chi connectivity index (χ3v) is 3.65. The second kappa shape index (κ2) is 8.75. The maximum Gasteiger partial charge on any atom is 0.109 e. The summed E-state index contributed by atoms with van der Waals surface area (Å²) in [5, 5.41) is 3.30. The van der Waals surface area contributed by atoms with Crippen LogP contribution >= 0.6 is 24.8 Å². The number of rotatable bonds is 3. The van der Waals surface area contributed by atoms with Crippen LogP contribution in [0.2, 0.25) is 0 Å². The van der Waals surface area contributed by atoms with E-state index in [-0.39, 0.29) is 37.5 Å². The fourth-order valence-corrected chi connectivity index (χ4v) is 2.36. The lowest BCUT2D eigenvalue weighted by Crippen LogP contribution is -2.45. The summed E-state index contributed by atoms with van der Waals surface area (Å²) >= 11 is 0. The highest BCUT2D eigenvalue weighted by molar-refractivity contribution is 5.85. The van der Waals surface area contributed by atoms with Crippen LogP contribution in [0.25, 0.3) is 0 Å². The van der Waals surface area contributed by atoms with Gasteiger partial charge in [-0.15, -0.1) is 24.8 Å². The van der Waals surface area contributed by atoms with Gasteiger partial charge in [0.15, 0.2) is 0 Å². The van der Waals surface area contributed by atoms with E-state index < -0.39 is 0 Å². The molecule has 1 fully saturated rings. The first kappa shape index (κ1) is 18.7. The molecule has 0 spiro atoms. The molecule has 2 rings (SSSR count). The van der Waals surface area contributed by atoms with Crippen LogP contribution in [0.15, 0.2) is 18.2 Å². The van der Waals surface area contributed by atoms with Gasteiger partial charge in [-0.2, -0.15) is 0 Å². The zero-order valence-electron chi connectivity index (χ0n) is 11.5. The molecule has 0 bridgehead atoms. The molecule has 0 amide bonds. The Morgan fingerprint density at radius 2 is 1.79 bits per heavy atom. The molecular formula is C14H23Cl2FN2. The lowest BCUT2D eigenvalue weighted by atomic mass is 10.0. The van der Waals surface area contributed by atoms with Gasteiger partial charge in [0.25, 0.3) is 0 Å². The summed E-state index contributed by atoms with van der Waals surface area (Å²) in [5.74, 6) is 0. The Hall–Kier alpha value is -0.350. The molecule has 0 aromatic heterocycles. The van der Waals surface area contributed by atoms with Crippen molar-refractivity contribution < 1.29 is 4.39 Å². The van der Waals surface area contributed by atoms with Gasteiger partial charge in [-0.3, -0.25) is 4.90 Å². The quantitative estimate of drug-likeness (QED) is 0.923. The Labute approximate surface area is 127 Å². The van der Waals surface area contributed by atoms with E-state index in [0.29, 0.717) is 0 Å². The summed E-state index contributed by atoms with van der Waals surface area (Å²) in [6.07, 6.45) is 0. The van der Waals surface area contributed by atoms with Crippen molar-refractivity contribution in [3.05, 3.63) is 34.9 Å². The van der Waals surface area contributed by atoms with Crippen LogP contribution < -0.4 is 5.32 Å². The standard InChI is InChI=1S/C14H21FN2.2ClH/c1-11-3-4-13(9-12(11)2)14(10-15)17-7-5-16-6-8-17;;/h3-4,9,14,16H,5-8,10H2,1-2H3;2*1H/t14-;;/m0../s1. The minimum atomic E-state index is -0.303. The number of hydrogen-bond donors (Lipinski definition) is 1. The van der Waals surface area contributed by atoms with Gasteiger partial charge in [0.2, 0.25) is 0 Å². The summed E-state index contributed by atoms with van der Waals surface area (Å²) in [5.41, 5.74) is 3.63. The zero-order valence-corrected chi connectivity index (χ0v) is 13.1. The van der Waals surface area contributed by atoms with Gasteiger partial charge in [0, 0.05) is 26.2 Å². The van der Waals surface area contributed by atoms with Crippen molar-refractivity contribution in [1.29, 1.82) is 0 Å². The normalized spacial score (nSPS) is 17.2. The summed E-state index contributed by atoms with van der Waals surface area (Å²) < 4.78 is 13.3. The summed E-state index contributed by atoms with van der Waals surface area (Å²) in [6, 6.07) is 6.21. The van der Waals surface area contributed by atoms with Gasteiger partial charge in [-0.1, -0.05) is 18.2 Å². The van der Waals surface area contributed by atoms with E-state index in [9.17, 15) is 4.39 Å². The zero-order chi connectivity index (χ0) is 12.3. The van der Waals surface area contributed by atoms with Gasteiger partial charge < -0.3 is 5.32 Å². The van der Waals surface area contributed by atoms with Gasteiger partial charge in [-0.25, -0.2) is 4.39 Å². The maximum atomic E-state index is 13.3. The predicted octanol–water partition coefficient (Wildman–Crippen LogP) is 3.06. The average Bonchev–Trinajstić information content (AvgIpc) is 2.36. The van der Waals surface area contributed by atoms with Crippen molar-refractivity contribution in [2.45, 2.75) is 19.9 Å². The average molecular weight is 309 g/mol. The third kappa shape index (κ3) is 4.60. The monoisotopic (exact) mass is 308 g/mol. The first-order chi connectivity index (χ1) is 8.22. The van der Waals surface area contributed by atoms with Crippen molar-refractivity contribution in [1.82, 2.24) is 10.2 Å². The number of hydrogen-bond acceptors (Lipinski definition) is 2. The van der Waals surface area contributed by atoms with Crippen LogP contribution in [-0.2, 0) is 0 Å². The molecule has 1 aromatic rings. The summed E-state index contributed by atoms with van der Waals surface area (Å²) in [7, 11) is 0. The largest absolute Gasteiger partial charge is 0.314 e.